The summed E-state index contributed by atoms with van der Waals surface area (Å²) >= 11 is 3.23. The summed E-state index contributed by atoms with van der Waals surface area (Å²) in [6.45, 7) is 1.84. The lowest BCUT2D eigenvalue weighted by Crippen LogP contribution is -2.41. The number of benzene rings is 1. The van der Waals surface area contributed by atoms with Gasteiger partial charge in [0.05, 0.1) is 5.69 Å². The molecule has 24 heavy (non-hydrogen) atoms. The molecule has 0 spiro atoms. The van der Waals surface area contributed by atoms with Gasteiger partial charge in [-0.15, -0.1) is 5.10 Å². The number of aromatic nitrogens is 5. The summed E-state index contributed by atoms with van der Waals surface area (Å²) in [7, 11) is 0. The number of aromatic amines is 1. The number of carbonyl (C=O) groups excluding carboxylic acids is 2. The number of hydrogen-bond acceptors (Lipinski definition) is 5. The van der Waals surface area contributed by atoms with E-state index in [1.54, 1.807) is 30.5 Å². The third kappa shape index (κ3) is 3.33. The maximum absolute atomic E-state index is 12.1. The SMILES string of the molecule is Cc1cc(C(=O)NNC(=O)c2cc(Br)c[nH]2)ccc1-n1cnnn1. The molecule has 3 rings (SSSR count). The van der Waals surface area contributed by atoms with Crippen molar-refractivity contribution in [3.8, 4) is 5.69 Å². The van der Waals surface area contributed by atoms with Crippen molar-refractivity contribution in [2.24, 2.45) is 0 Å². The van der Waals surface area contributed by atoms with Crippen molar-refractivity contribution in [1.29, 1.82) is 0 Å². The molecule has 3 N–H and O–H groups in total. The molecule has 122 valence electrons. The zero-order chi connectivity index (χ0) is 17.1. The molecule has 0 atom stereocenters. The number of rotatable bonds is 3. The fourth-order valence-electron chi connectivity index (χ4n) is 2.08. The second-order valence-corrected chi connectivity index (χ2v) is 5.81. The van der Waals surface area contributed by atoms with Crippen LogP contribution in [0.5, 0.6) is 0 Å². The summed E-state index contributed by atoms with van der Waals surface area (Å²) < 4.78 is 2.25. The van der Waals surface area contributed by atoms with E-state index in [4.69, 9.17) is 0 Å². The van der Waals surface area contributed by atoms with Crippen LogP contribution in [-0.2, 0) is 0 Å². The number of halogens is 1. The molecule has 0 radical (unpaired) electrons. The quantitative estimate of drug-likeness (QED) is 0.580. The number of aryl methyl sites for hydroxylation is 1. The second-order valence-electron chi connectivity index (χ2n) is 4.90. The van der Waals surface area contributed by atoms with Gasteiger partial charge in [-0.3, -0.25) is 20.4 Å². The number of nitrogens with one attached hydrogen (secondary N) is 3. The highest BCUT2D eigenvalue weighted by molar-refractivity contribution is 9.10. The van der Waals surface area contributed by atoms with Crippen molar-refractivity contribution in [1.82, 2.24) is 36.0 Å². The Hall–Kier alpha value is -3.01. The maximum atomic E-state index is 12.1. The lowest BCUT2D eigenvalue weighted by atomic mass is 10.1. The van der Waals surface area contributed by atoms with Crippen LogP contribution in [0.15, 0.2) is 41.3 Å². The Morgan fingerprint density at radius 3 is 2.62 bits per heavy atom. The van der Waals surface area contributed by atoms with E-state index < -0.39 is 11.8 Å². The second kappa shape index (κ2) is 6.62. The molecule has 0 saturated carbocycles. The van der Waals surface area contributed by atoms with Crippen LogP contribution in [0.25, 0.3) is 5.69 Å². The fraction of sp³-hybridized carbons (Fsp3) is 0.0714. The van der Waals surface area contributed by atoms with Gasteiger partial charge in [0, 0.05) is 16.2 Å². The molecule has 0 bridgehead atoms. The molecule has 0 unspecified atom stereocenters. The van der Waals surface area contributed by atoms with Crippen LogP contribution in [0, 0.1) is 6.92 Å². The molecule has 10 heteroatoms. The molecule has 2 heterocycles. The third-order valence-corrected chi connectivity index (χ3v) is 3.69. The Labute approximate surface area is 144 Å². The first-order valence-corrected chi connectivity index (χ1v) is 7.62. The van der Waals surface area contributed by atoms with Gasteiger partial charge in [-0.25, -0.2) is 4.68 Å². The predicted octanol–water partition coefficient (Wildman–Crippen LogP) is 1.14. The van der Waals surface area contributed by atoms with Crippen molar-refractivity contribution in [3.05, 3.63) is 58.1 Å². The van der Waals surface area contributed by atoms with Crippen LogP contribution in [0.4, 0.5) is 0 Å². The minimum absolute atomic E-state index is 0.326. The first-order valence-electron chi connectivity index (χ1n) is 6.83. The molecule has 2 amide bonds. The number of hydrazine groups is 1. The number of amides is 2. The van der Waals surface area contributed by atoms with Gasteiger partial charge < -0.3 is 4.98 Å². The van der Waals surface area contributed by atoms with E-state index in [1.165, 1.54) is 11.0 Å². The van der Waals surface area contributed by atoms with Gasteiger partial charge >= 0.3 is 0 Å². The van der Waals surface area contributed by atoms with E-state index in [0.29, 0.717) is 11.3 Å². The van der Waals surface area contributed by atoms with Gasteiger partial charge in [-0.2, -0.15) is 0 Å². The van der Waals surface area contributed by atoms with Crippen molar-refractivity contribution in [2.45, 2.75) is 6.92 Å². The lowest BCUT2D eigenvalue weighted by molar-refractivity contribution is 0.0844. The largest absolute Gasteiger partial charge is 0.356 e. The maximum Gasteiger partial charge on any atom is 0.286 e. The van der Waals surface area contributed by atoms with Gasteiger partial charge in [-0.05, 0) is 63.1 Å². The summed E-state index contributed by atoms with van der Waals surface area (Å²) in [6.07, 6.45) is 3.09. The van der Waals surface area contributed by atoms with Crippen LogP contribution < -0.4 is 10.9 Å². The van der Waals surface area contributed by atoms with Crippen LogP contribution in [0.3, 0.4) is 0 Å². The van der Waals surface area contributed by atoms with Crippen molar-refractivity contribution >= 4 is 27.7 Å². The Balaban J connectivity index is 1.67. The molecule has 0 aliphatic carbocycles. The van der Waals surface area contributed by atoms with E-state index in [1.807, 2.05) is 6.92 Å². The van der Waals surface area contributed by atoms with Crippen molar-refractivity contribution in [2.75, 3.05) is 0 Å². The summed E-state index contributed by atoms with van der Waals surface area (Å²) in [5.41, 5.74) is 7.01. The van der Waals surface area contributed by atoms with Gasteiger partial charge in [0.1, 0.15) is 12.0 Å². The molecular weight excluding hydrogens is 378 g/mol. The molecule has 2 aromatic heterocycles. The van der Waals surface area contributed by atoms with E-state index in [-0.39, 0.29) is 0 Å². The monoisotopic (exact) mass is 389 g/mol. The summed E-state index contributed by atoms with van der Waals surface area (Å²) in [5.74, 6) is -0.878. The number of hydrogen-bond donors (Lipinski definition) is 3. The molecule has 3 aromatic rings. The smallest absolute Gasteiger partial charge is 0.286 e. The normalized spacial score (nSPS) is 10.4. The van der Waals surface area contributed by atoms with Gasteiger partial charge in [0.2, 0.25) is 0 Å². The number of tetrazole rings is 1. The molecule has 0 aliphatic rings. The van der Waals surface area contributed by atoms with Crippen LogP contribution in [-0.4, -0.2) is 37.0 Å². The molecule has 1 aromatic carbocycles. The minimum atomic E-state index is -0.448. The van der Waals surface area contributed by atoms with E-state index in [2.05, 4.69) is 47.3 Å². The minimum Gasteiger partial charge on any atom is -0.356 e. The van der Waals surface area contributed by atoms with E-state index in [9.17, 15) is 9.59 Å². The van der Waals surface area contributed by atoms with Crippen LogP contribution >= 0.6 is 15.9 Å². The van der Waals surface area contributed by atoms with Crippen molar-refractivity contribution in [3.63, 3.8) is 0 Å². The highest BCUT2D eigenvalue weighted by atomic mass is 79.9. The summed E-state index contributed by atoms with van der Waals surface area (Å²) in [4.78, 5) is 26.8. The highest BCUT2D eigenvalue weighted by Gasteiger charge is 2.12. The molecular formula is C14H12BrN7O2. The van der Waals surface area contributed by atoms with Gasteiger partial charge in [0.15, 0.2) is 0 Å². The lowest BCUT2D eigenvalue weighted by Gasteiger charge is -2.09. The van der Waals surface area contributed by atoms with E-state index >= 15 is 0 Å². The number of carbonyl (C=O) groups is 2. The predicted molar refractivity (Wildman–Crippen MR) is 87.3 cm³/mol. The number of H-pyrrole nitrogens is 1. The van der Waals surface area contributed by atoms with Crippen LogP contribution in [0.2, 0.25) is 0 Å². The average Bonchev–Trinajstić information content (AvgIpc) is 3.23. The fourth-order valence-corrected chi connectivity index (χ4v) is 2.42. The first-order chi connectivity index (χ1) is 11.5. The Morgan fingerprint density at radius 1 is 1.21 bits per heavy atom. The zero-order valence-electron chi connectivity index (χ0n) is 12.4. The molecule has 9 nitrogen and oxygen atoms in total. The Bertz CT molecular complexity index is 888. The zero-order valence-corrected chi connectivity index (χ0v) is 14.0. The standard InChI is InChI=1S/C14H12BrN7O2/c1-8-4-9(2-3-12(8)22-7-17-20-21-22)13(23)18-19-14(24)11-5-10(15)6-16-11/h2-7,16H,1H3,(H,18,23)(H,19,24). The highest BCUT2D eigenvalue weighted by Crippen LogP contribution is 2.14. The first kappa shape index (κ1) is 15.9. The van der Waals surface area contributed by atoms with Crippen LogP contribution in [0.1, 0.15) is 26.4 Å². The summed E-state index contributed by atoms with van der Waals surface area (Å²) in [5, 5.41) is 11.0. The average molecular weight is 390 g/mol. The number of nitrogens with zero attached hydrogens (tertiary/aromatic N) is 4. The van der Waals surface area contributed by atoms with Gasteiger partial charge in [0.25, 0.3) is 11.8 Å². The summed E-state index contributed by atoms with van der Waals surface area (Å²) in [6, 6.07) is 6.64. The van der Waals surface area contributed by atoms with Crippen molar-refractivity contribution < 1.29 is 9.59 Å². The molecule has 0 fully saturated rings. The third-order valence-electron chi connectivity index (χ3n) is 3.24. The Kier molecular flexibility index (Phi) is 4.38. The molecule has 0 saturated heterocycles. The Morgan fingerprint density at radius 2 is 2.00 bits per heavy atom. The van der Waals surface area contributed by atoms with E-state index in [0.717, 1.165) is 15.7 Å². The van der Waals surface area contributed by atoms with Gasteiger partial charge in [-0.1, -0.05) is 0 Å². The molecule has 0 aliphatic heterocycles. The topological polar surface area (TPSA) is 118 Å².